The third-order valence-electron chi connectivity index (χ3n) is 5.11. The molecule has 3 aromatic rings. The molecule has 1 amide bonds. The van der Waals surface area contributed by atoms with Crippen molar-refractivity contribution in [3.8, 4) is 23.0 Å². The summed E-state index contributed by atoms with van der Waals surface area (Å²) in [6.07, 6.45) is 1.84. The molecule has 3 heterocycles. The molecule has 1 aliphatic rings. The molecule has 170 valence electrons. The number of thiophene rings is 1. The Hall–Kier alpha value is -2.96. The minimum Gasteiger partial charge on any atom is -0.497 e. The Labute approximate surface area is 189 Å². The van der Waals surface area contributed by atoms with E-state index < -0.39 is 22.0 Å². The molecular formula is C20H22N4O6S2. The second kappa shape index (κ2) is 9.27. The van der Waals surface area contributed by atoms with E-state index in [-0.39, 0.29) is 22.7 Å². The van der Waals surface area contributed by atoms with E-state index in [9.17, 15) is 13.2 Å². The van der Waals surface area contributed by atoms with Crippen LogP contribution in [0.5, 0.6) is 11.5 Å². The van der Waals surface area contributed by atoms with Gasteiger partial charge in [0.1, 0.15) is 21.8 Å². The summed E-state index contributed by atoms with van der Waals surface area (Å²) in [5.74, 6) is 0.697. The van der Waals surface area contributed by atoms with Gasteiger partial charge in [-0.1, -0.05) is 17.6 Å². The molecule has 1 atom stereocenters. The number of nitrogens with zero attached hydrogens (tertiary/aromatic N) is 3. The molecular weight excluding hydrogens is 456 g/mol. The summed E-state index contributed by atoms with van der Waals surface area (Å²) in [7, 11) is -0.716. The number of hydrogen-bond acceptors (Lipinski definition) is 9. The summed E-state index contributed by atoms with van der Waals surface area (Å²) in [5, 5.41) is 12.1. The Morgan fingerprint density at radius 2 is 2.06 bits per heavy atom. The summed E-state index contributed by atoms with van der Waals surface area (Å²) in [5.41, 5.74) is 0.529. The van der Waals surface area contributed by atoms with Gasteiger partial charge in [-0.25, -0.2) is 8.42 Å². The van der Waals surface area contributed by atoms with Crippen molar-refractivity contribution < 1.29 is 27.1 Å². The van der Waals surface area contributed by atoms with Crippen molar-refractivity contribution in [1.29, 1.82) is 0 Å². The number of anilines is 1. The molecule has 32 heavy (non-hydrogen) atoms. The standard InChI is InChI=1S/C20H22N4O6S2/c1-28-13-8-9-14(16(12-13)29-2)19-22-23-20(30-19)21-18(25)15-6-3-4-10-24(15)32(26,27)17-7-5-11-31-17/h5,7-9,11-12,15H,3-4,6,10H2,1-2H3,(H,21,23,25). The molecule has 0 aliphatic carbocycles. The third-order valence-corrected chi connectivity index (χ3v) is 8.39. The van der Waals surface area contributed by atoms with Gasteiger partial charge >= 0.3 is 6.01 Å². The van der Waals surface area contributed by atoms with Crippen LogP contribution in [0.25, 0.3) is 11.5 Å². The number of hydrogen-bond donors (Lipinski definition) is 1. The van der Waals surface area contributed by atoms with Crippen LogP contribution in [0.1, 0.15) is 19.3 Å². The summed E-state index contributed by atoms with van der Waals surface area (Å²) < 4.78 is 43.6. The average Bonchev–Trinajstić information content (AvgIpc) is 3.51. The topological polar surface area (TPSA) is 124 Å². The first kappa shape index (κ1) is 22.2. The number of carbonyl (C=O) groups excluding carboxylic acids is 1. The van der Waals surface area contributed by atoms with Gasteiger partial charge in [0.05, 0.1) is 19.8 Å². The lowest BCUT2D eigenvalue weighted by atomic mass is 10.0. The highest BCUT2D eigenvalue weighted by atomic mass is 32.2. The minimum atomic E-state index is -3.76. The van der Waals surface area contributed by atoms with Gasteiger partial charge in [-0.15, -0.1) is 16.4 Å². The van der Waals surface area contributed by atoms with Gasteiger partial charge in [0.25, 0.3) is 15.9 Å². The number of aromatic nitrogens is 2. The molecule has 1 N–H and O–H groups in total. The highest BCUT2D eigenvalue weighted by molar-refractivity contribution is 7.91. The van der Waals surface area contributed by atoms with Crippen LogP contribution >= 0.6 is 11.3 Å². The van der Waals surface area contributed by atoms with Gasteiger partial charge in [-0.3, -0.25) is 10.1 Å². The number of carbonyl (C=O) groups is 1. The Kier molecular flexibility index (Phi) is 6.44. The zero-order valence-corrected chi connectivity index (χ0v) is 19.1. The Bertz CT molecular complexity index is 1190. The van der Waals surface area contributed by atoms with E-state index in [1.807, 2.05) is 0 Å². The number of nitrogens with one attached hydrogen (secondary N) is 1. The summed E-state index contributed by atoms with van der Waals surface area (Å²) in [6, 6.07) is 7.32. The van der Waals surface area contributed by atoms with Crippen LogP contribution < -0.4 is 14.8 Å². The Balaban J connectivity index is 1.54. The molecule has 1 saturated heterocycles. The first-order chi connectivity index (χ1) is 15.4. The van der Waals surface area contributed by atoms with Crippen LogP contribution in [-0.4, -0.2) is 55.6 Å². The number of sulfonamides is 1. The number of methoxy groups -OCH3 is 2. The third kappa shape index (κ3) is 4.33. The molecule has 12 heteroatoms. The predicted octanol–water partition coefficient (Wildman–Crippen LogP) is 3.00. The smallest absolute Gasteiger partial charge is 0.322 e. The summed E-state index contributed by atoms with van der Waals surface area (Å²) in [4.78, 5) is 13.0. The van der Waals surface area contributed by atoms with E-state index in [0.717, 1.165) is 17.8 Å². The van der Waals surface area contributed by atoms with Crippen LogP contribution in [0.4, 0.5) is 6.01 Å². The van der Waals surface area contributed by atoms with Crippen LogP contribution in [0.15, 0.2) is 44.3 Å². The molecule has 10 nitrogen and oxygen atoms in total. The van der Waals surface area contributed by atoms with Crippen molar-refractivity contribution in [2.45, 2.75) is 29.5 Å². The SMILES string of the molecule is COc1ccc(-c2nnc(NC(=O)C3CCCCN3S(=O)(=O)c3cccs3)o2)c(OC)c1. The second-order valence-corrected chi connectivity index (χ2v) is 10.1. The number of piperidine rings is 1. The fourth-order valence-corrected chi connectivity index (χ4v) is 6.30. The lowest BCUT2D eigenvalue weighted by Crippen LogP contribution is -2.49. The molecule has 1 unspecified atom stereocenters. The van der Waals surface area contributed by atoms with E-state index in [4.69, 9.17) is 13.9 Å². The van der Waals surface area contributed by atoms with Gasteiger partial charge in [-0.2, -0.15) is 4.31 Å². The van der Waals surface area contributed by atoms with Crippen LogP contribution in [-0.2, 0) is 14.8 Å². The number of ether oxygens (including phenoxy) is 2. The zero-order valence-electron chi connectivity index (χ0n) is 17.5. The normalized spacial score (nSPS) is 17.1. The van der Waals surface area contributed by atoms with Gasteiger partial charge in [-0.05, 0) is 36.4 Å². The fraction of sp³-hybridized carbons (Fsp3) is 0.350. The molecule has 0 bridgehead atoms. The van der Waals surface area contributed by atoms with Crippen molar-refractivity contribution in [2.75, 3.05) is 26.1 Å². The first-order valence-electron chi connectivity index (χ1n) is 9.86. The molecule has 1 fully saturated rings. The van der Waals surface area contributed by atoms with Crippen molar-refractivity contribution in [3.05, 3.63) is 35.7 Å². The average molecular weight is 479 g/mol. The first-order valence-corrected chi connectivity index (χ1v) is 12.2. The highest BCUT2D eigenvalue weighted by Gasteiger charge is 2.38. The van der Waals surface area contributed by atoms with Gasteiger partial charge in [0.2, 0.25) is 5.91 Å². The van der Waals surface area contributed by atoms with Gasteiger partial charge in [0, 0.05) is 12.6 Å². The second-order valence-electron chi connectivity index (χ2n) is 7.03. The highest BCUT2D eigenvalue weighted by Crippen LogP contribution is 2.33. The minimum absolute atomic E-state index is 0.123. The van der Waals surface area contributed by atoms with Crippen molar-refractivity contribution >= 4 is 33.3 Å². The maximum atomic E-state index is 13.0. The van der Waals surface area contributed by atoms with E-state index in [1.54, 1.807) is 36.8 Å². The van der Waals surface area contributed by atoms with Crippen LogP contribution in [0, 0.1) is 0 Å². The number of benzene rings is 1. The van der Waals surface area contributed by atoms with Crippen molar-refractivity contribution in [1.82, 2.24) is 14.5 Å². The quantitative estimate of drug-likeness (QED) is 0.550. The molecule has 1 aliphatic heterocycles. The molecule has 0 saturated carbocycles. The maximum Gasteiger partial charge on any atom is 0.322 e. The molecule has 0 radical (unpaired) electrons. The van der Waals surface area contributed by atoms with Crippen LogP contribution in [0.3, 0.4) is 0 Å². The van der Waals surface area contributed by atoms with Gasteiger partial charge < -0.3 is 13.9 Å². The fourth-order valence-electron chi connectivity index (χ4n) is 3.53. The van der Waals surface area contributed by atoms with Gasteiger partial charge in [0.15, 0.2) is 0 Å². The maximum absolute atomic E-state index is 13.0. The zero-order chi connectivity index (χ0) is 22.7. The predicted molar refractivity (Wildman–Crippen MR) is 117 cm³/mol. The molecule has 0 spiro atoms. The van der Waals surface area contributed by atoms with E-state index >= 15 is 0 Å². The Morgan fingerprint density at radius 1 is 1.22 bits per heavy atom. The molecule has 1 aromatic carbocycles. The van der Waals surface area contributed by atoms with Crippen molar-refractivity contribution in [3.63, 3.8) is 0 Å². The summed E-state index contributed by atoms with van der Waals surface area (Å²) in [6.45, 7) is 0.274. The lowest BCUT2D eigenvalue weighted by molar-refractivity contribution is -0.120. The Morgan fingerprint density at radius 3 is 2.78 bits per heavy atom. The molecule has 2 aromatic heterocycles. The number of rotatable bonds is 7. The monoisotopic (exact) mass is 478 g/mol. The van der Waals surface area contributed by atoms with E-state index in [2.05, 4.69) is 15.5 Å². The molecule has 4 rings (SSSR count). The summed E-state index contributed by atoms with van der Waals surface area (Å²) >= 11 is 1.13. The van der Waals surface area contributed by atoms with E-state index in [0.29, 0.717) is 29.9 Å². The largest absolute Gasteiger partial charge is 0.497 e. The number of amides is 1. The van der Waals surface area contributed by atoms with Crippen LogP contribution in [0.2, 0.25) is 0 Å². The lowest BCUT2D eigenvalue weighted by Gasteiger charge is -2.32. The van der Waals surface area contributed by atoms with Crippen molar-refractivity contribution in [2.24, 2.45) is 0 Å². The van der Waals surface area contributed by atoms with E-state index in [1.165, 1.54) is 17.5 Å².